The van der Waals surface area contributed by atoms with Crippen LogP contribution >= 0.6 is 27.3 Å². The van der Waals surface area contributed by atoms with Crippen molar-refractivity contribution in [3.8, 4) is 0 Å². The number of rotatable bonds is 9. The third-order valence-electron chi connectivity index (χ3n) is 4.33. The van der Waals surface area contributed by atoms with Gasteiger partial charge in [0, 0.05) is 17.5 Å². The first-order chi connectivity index (χ1) is 9.17. The fourth-order valence-electron chi connectivity index (χ4n) is 2.68. The van der Waals surface area contributed by atoms with Gasteiger partial charge in [-0.15, -0.1) is 11.3 Å². The molecule has 1 aliphatic carbocycles. The third kappa shape index (κ3) is 4.87. The van der Waals surface area contributed by atoms with Crippen LogP contribution in [-0.2, 0) is 6.42 Å². The summed E-state index contributed by atoms with van der Waals surface area (Å²) >= 11 is 5.49. The quantitative estimate of drug-likeness (QED) is 0.633. The Morgan fingerprint density at radius 1 is 1.37 bits per heavy atom. The lowest BCUT2D eigenvalue weighted by atomic mass is 9.76. The Morgan fingerprint density at radius 3 is 2.68 bits per heavy atom. The van der Waals surface area contributed by atoms with E-state index in [0.29, 0.717) is 5.41 Å². The van der Waals surface area contributed by atoms with Crippen molar-refractivity contribution >= 4 is 27.3 Å². The van der Waals surface area contributed by atoms with E-state index >= 15 is 0 Å². The first kappa shape index (κ1) is 15.5. The third-order valence-corrected chi connectivity index (χ3v) is 5.96. The summed E-state index contributed by atoms with van der Waals surface area (Å²) in [5.41, 5.74) is 0.461. The van der Waals surface area contributed by atoms with Gasteiger partial charge in [-0.2, -0.15) is 0 Å². The van der Waals surface area contributed by atoms with Gasteiger partial charge in [-0.25, -0.2) is 0 Å². The van der Waals surface area contributed by atoms with Crippen molar-refractivity contribution in [2.24, 2.45) is 5.41 Å². The van der Waals surface area contributed by atoms with Gasteiger partial charge in [0.15, 0.2) is 0 Å². The van der Waals surface area contributed by atoms with Crippen molar-refractivity contribution in [3.05, 3.63) is 20.8 Å². The lowest BCUT2D eigenvalue weighted by molar-refractivity contribution is 0.230. The molecule has 0 bridgehead atoms. The molecule has 0 aromatic carbocycles. The van der Waals surface area contributed by atoms with Gasteiger partial charge in [0.1, 0.15) is 0 Å². The molecule has 1 heterocycles. The van der Waals surface area contributed by atoms with Crippen molar-refractivity contribution in [2.45, 2.75) is 64.8 Å². The summed E-state index contributed by atoms with van der Waals surface area (Å²) < 4.78 is 1.26. The number of unbranched alkanes of at least 4 members (excludes halogenated alkanes) is 1. The molecule has 0 spiro atoms. The first-order valence-electron chi connectivity index (χ1n) is 7.65. The number of halogens is 1. The van der Waals surface area contributed by atoms with Crippen LogP contribution in [0, 0.1) is 5.41 Å². The van der Waals surface area contributed by atoms with Crippen LogP contribution in [0.25, 0.3) is 0 Å². The van der Waals surface area contributed by atoms with Crippen molar-refractivity contribution < 1.29 is 0 Å². The molecule has 1 nitrogen and oxygen atoms in total. The predicted molar refractivity (Wildman–Crippen MR) is 89.0 cm³/mol. The minimum Gasteiger partial charge on any atom is -0.313 e. The predicted octanol–water partition coefficient (Wildman–Crippen LogP) is 5.39. The highest BCUT2D eigenvalue weighted by Crippen LogP contribution is 2.36. The molecule has 1 unspecified atom stereocenters. The summed E-state index contributed by atoms with van der Waals surface area (Å²) in [7, 11) is 0. The molecule has 0 saturated heterocycles. The normalized spacial score (nSPS) is 18.5. The van der Waals surface area contributed by atoms with Crippen LogP contribution in [0.1, 0.15) is 57.2 Å². The molecule has 0 aliphatic heterocycles. The zero-order chi connectivity index (χ0) is 13.7. The Kier molecular flexibility index (Phi) is 5.91. The molecule has 108 valence electrons. The Labute approximate surface area is 130 Å². The lowest BCUT2D eigenvalue weighted by Gasteiger charge is -2.33. The second-order valence-electron chi connectivity index (χ2n) is 5.99. The van der Waals surface area contributed by atoms with Crippen molar-refractivity contribution in [1.29, 1.82) is 0 Å². The van der Waals surface area contributed by atoms with E-state index in [1.54, 1.807) is 0 Å². The summed E-state index contributed by atoms with van der Waals surface area (Å²) in [6.45, 7) is 5.87. The monoisotopic (exact) mass is 343 g/mol. The number of hydrogen-bond donors (Lipinski definition) is 1. The largest absolute Gasteiger partial charge is 0.313 e. The van der Waals surface area contributed by atoms with E-state index in [1.807, 2.05) is 11.3 Å². The van der Waals surface area contributed by atoms with Crippen LogP contribution < -0.4 is 5.32 Å². The van der Waals surface area contributed by atoms with E-state index in [9.17, 15) is 0 Å². The SMILES string of the molecule is CCCCC(CC)(CNC1CC1)Cc1ccc(Br)s1. The van der Waals surface area contributed by atoms with Crippen LogP contribution in [0.5, 0.6) is 0 Å². The van der Waals surface area contributed by atoms with Crippen LogP contribution in [0.15, 0.2) is 15.9 Å². The summed E-state index contributed by atoms with van der Waals surface area (Å²) in [6, 6.07) is 5.30. The van der Waals surface area contributed by atoms with E-state index < -0.39 is 0 Å². The van der Waals surface area contributed by atoms with E-state index in [2.05, 4.69) is 47.2 Å². The van der Waals surface area contributed by atoms with Crippen molar-refractivity contribution in [2.75, 3.05) is 6.54 Å². The maximum Gasteiger partial charge on any atom is 0.0701 e. The molecule has 1 atom stereocenters. The van der Waals surface area contributed by atoms with Gasteiger partial charge in [-0.1, -0.05) is 26.7 Å². The minimum absolute atomic E-state index is 0.461. The second kappa shape index (κ2) is 7.24. The fourth-order valence-corrected chi connectivity index (χ4v) is 4.34. The Bertz CT molecular complexity index is 386. The van der Waals surface area contributed by atoms with Crippen LogP contribution in [0.4, 0.5) is 0 Å². The van der Waals surface area contributed by atoms with Crippen LogP contribution in [0.2, 0.25) is 0 Å². The highest BCUT2D eigenvalue weighted by Gasteiger charge is 2.31. The molecule has 1 saturated carbocycles. The summed E-state index contributed by atoms with van der Waals surface area (Å²) in [4.78, 5) is 1.53. The zero-order valence-electron chi connectivity index (χ0n) is 12.2. The molecule has 0 radical (unpaired) electrons. The average Bonchev–Trinajstić information content (AvgIpc) is 3.16. The maximum absolute atomic E-state index is 3.78. The van der Waals surface area contributed by atoms with E-state index in [-0.39, 0.29) is 0 Å². The van der Waals surface area contributed by atoms with Gasteiger partial charge >= 0.3 is 0 Å². The Morgan fingerprint density at radius 2 is 2.16 bits per heavy atom. The fraction of sp³-hybridized carbons (Fsp3) is 0.750. The molecule has 1 aliphatic rings. The van der Waals surface area contributed by atoms with E-state index in [0.717, 1.165) is 6.04 Å². The topological polar surface area (TPSA) is 12.0 Å². The number of thiophene rings is 1. The summed E-state index contributed by atoms with van der Waals surface area (Å²) in [5.74, 6) is 0. The smallest absolute Gasteiger partial charge is 0.0701 e. The highest BCUT2D eigenvalue weighted by atomic mass is 79.9. The van der Waals surface area contributed by atoms with E-state index in [1.165, 1.54) is 60.2 Å². The van der Waals surface area contributed by atoms with E-state index in [4.69, 9.17) is 0 Å². The average molecular weight is 344 g/mol. The Hall–Kier alpha value is 0.140. The van der Waals surface area contributed by atoms with Gasteiger partial charge in [0.25, 0.3) is 0 Å². The molecule has 1 aromatic heterocycles. The van der Waals surface area contributed by atoms with Gasteiger partial charge in [-0.05, 0) is 65.6 Å². The molecule has 0 amide bonds. The second-order valence-corrected chi connectivity index (χ2v) is 8.54. The summed E-state index contributed by atoms with van der Waals surface area (Å²) in [5, 5.41) is 3.78. The number of nitrogens with one attached hydrogen (secondary N) is 1. The molecule has 19 heavy (non-hydrogen) atoms. The highest BCUT2D eigenvalue weighted by molar-refractivity contribution is 9.11. The molecule has 1 aromatic rings. The number of hydrogen-bond acceptors (Lipinski definition) is 2. The molecule has 1 N–H and O–H groups in total. The van der Waals surface area contributed by atoms with Gasteiger partial charge in [0.2, 0.25) is 0 Å². The van der Waals surface area contributed by atoms with Crippen molar-refractivity contribution in [1.82, 2.24) is 5.32 Å². The maximum atomic E-state index is 3.78. The Balaban J connectivity index is 2.00. The lowest BCUT2D eigenvalue weighted by Crippen LogP contribution is -2.36. The zero-order valence-corrected chi connectivity index (χ0v) is 14.6. The van der Waals surface area contributed by atoms with Gasteiger partial charge in [-0.3, -0.25) is 0 Å². The molecule has 1 fully saturated rings. The standard InChI is InChI=1S/C16H26BrNS/c1-3-5-10-16(4-2,12-18-13-6-7-13)11-14-8-9-15(17)19-14/h8-9,13,18H,3-7,10-12H2,1-2H3. The molecule has 3 heteroatoms. The van der Waals surface area contributed by atoms with Gasteiger partial charge < -0.3 is 5.32 Å². The van der Waals surface area contributed by atoms with Crippen LogP contribution in [0.3, 0.4) is 0 Å². The first-order valence-corrected chi connectivity index (χ1v) is 9.26. The minimum atomic E-state index is 0.461. The molecular formula is C16H26BrNS. The molecule has 2 rings (SSSR count). The van der Waals surface area contributed by atoms with Crippen molar-refractivity contribution in [3.63, 3.8) is 0 Å². The van der Waals surface area contributed by atoms with Crippen LogP contribution in [-0.4, -0.2) is 12.6 Å². The summed E-state index contributed by atoms with van der Waals surface area (Å²) in [6.07, 6.45) is 9.30. The molecular weight excluding hydrogens is 318 g/mol. The van der Waals surface area contributed by atoms with Gasteiger partial charge in [0.05, 0.1) is 3.79 Å².